The summed E-state index contributed by atoms with van der Waals surface area (Å²) in [6, 6.07) is 18.7. The number of nitrogens with zero attached hydrogens (tertiary/aromatic N) is 2. The summed E-state index contributed by atoms with van der Waals surface area (Å²) in [5.74, 6) is 1.43. The third-order valence-corrected chi connectivity index (χ3v) is 3.32. The number of hydrogen-bond donors (Lipinski definition) is 1. The largest absolute Gasteiger partial charge is 0.455 e. The molecule has 1 aromatic heterocycles. The fraction of sp³-hybridized carbons (Fsp3) is 0. The van der Waals surface area contributed by atoms with Crippen LogP contribution in [-0.4, -0.2) is 9.97 Å². The molecule has 0 saturated carbocycles. The summed E-state index contributed by atoms with van der Waals surface area (Å²) in [5.41, 5.74) is 7.28. The first-order valence-corrected chi connectivity index (χ1v) is 7.37. The summed E-state index contributed by atoms with van der Waals surface area (Å²) < 4.78 is 5.97. The van der Waals surface area contributed by atoms with E-state index in [2.05, 4.69) is 9.97 Å². The van der Waals surface area contributed by atoms with Crippen molar-refractivity contribution >= 4 is 29.4 Å². The Bertz CT molecular complexity index is 817. The second-order valence-corrected chi connectivity index (χ2v) is 5.21. The number of rotatable bonds is 4. The van der Waals surface area contributed by atoms with Crippen molar-refractivity contribution in [3.05, 3.63) is 83.1 Å². The molecule has 0 radical (unpaired) electrons. The van der Waals surface area contributed by atoms with E-state index in [1.54, 1.807) is 36.5 Å². The summed E-state index contributed by atoms with van der Waals surface area (Å²) in [6.45, 7) is 0. The van der Waals surface area contributed by atoms with Gasteiger partial charge in [-0.3, -0.25) is 0 Å². The molecule has 4 nitrogen and oxygen atoms in total. The maximum absolute atomic E-state index is 5.97. The lowest BCUT2D eigenvalue weighted by Gasteiger charge is -2.10. The Kier molecular flexibility index (Phi) is 4.54. The van der Waals surface area contributed by atoms with Crippen LogP contribution in [0.5, 0.6) is 5.75 Å². The van der Waals surface area contributed by atoms with Crippen molar-refractivity contribution < 1.29 is 4.74 Å². The molecule has 0 aliphatic heterocycles. The van der Waals surface area contributed by atoms with Crippen LogP contribution >= 0.6 is 11.6 Å². The van der Waals surface area contributed by atoms with Crippen LogP contribution in [0.1, 0.15) is 11.3 Å². The van der Waals surface area contributed by atoms with Crippen molar-refractivity contribution in [3.8, 4) is 5.75 Å². The van der Waals surface area contributed by atoms with Gasteiger partial charge in [0.2, 0.25) is 5.95 Å². The van der Waals surface area contributed by atoms with Gasteiger partial charge >= 0.3 is 0 Å². The van der Waals surface area contributed by atoms with Gasteiger partial charge in [0.1, 0.15) is 11.4 Å². The smallest absolute Gasteiger partial charge is 0.220 e. The first-order chi connectivity index (χ1) is 11.2. The van der Waals surface area contributed by atoms with E-state index in [1.165, 1.54) is 0 Å². The van der Waals surface area contributed by atoms with Gasteiger partial charge in [0.05, 0.1) is 0 Å². The van der Waals surface area contributed by atoms with E-state index in [1.807, 2.05) is 36.4 Å². The summed E-state index contributed by atoms with van der Waals surface area (Å²) in [5, 5.41) is 0.650. The Hall–Kier alpha value is -2.85. The molecule has 0 aliphatic rings. The zero-order chi connectivity index (χ0) is 16.1. The lowest BCUT2D eigenvalue weighted by molar-refractivity contribution is 0.515. The molecule has 1 heterocycles. The molecule has 0 unspecified atom stereocenters. The van der Waals surface area contributed by atoms with Crippen molar-refractivity contribution in [2.45, 2.75) is 0 Å². The number of ether oxygens (including phenoxy) is 1. The molecule has 23 heavy (non-hydrogen) atoms. The van der Waals surface area contributed by atoms with Crippen LogP contribution in [0.15, 0.2) is 66.9 Å². The first kappa shape index (κ1) is 15.1. The monoisotopic (exact) mass is 323 g/mol. The van der Waals surface area contributed by atoms with E-state index in [-0.39, 0.29) is 5.95 Å². The zero-order valence-electron chi connectivity index (χ0n) is 12.2. The molecule has 0 spiro atoms. The lowest BCUT2D eigenvalue weighted by atomic mass is 10.2. The van der Waals surface area contributed by atoms with Crippen molar-refractivity contribution in [2.75, 3.05) is 5.73 Å². The number of anilines is 1. The van der Waals surface area contributed by atoms with E-state index in [0.29, 0.717) is 22.2 Å². The number of hydrogen-bond acceptors (Lipinski definition) is 4. The molecule has 0 fully saturated rings. The van der Waals surface area contributed by atoms with Crippen LogP contribution in [-0.2, 0) is 0 Å². The number of halogens is 1. The topological polar surface area (TPSA) is 61.0 Å². The Morgan fingerprint density at radius 1 is 1.00 bits per heavy atom. The van der Waals surface area contributed by atoms with Gasteiger partial charge in [0.15, 0.2) is 5.76 Å². The minimum Gasteiger partial charge on any atom is -0.455 e. The average molecular weight is 324 g/mol. The molecule has 2 N–H and O–H groups in total. The van der Waals surface area contributed by atoms with Gasteiger partial charge in [0.25, 0.3) is 0 Å². The SMILES string of the molecule is Nc1nccc(/C(=C\c2ccccc2)Oc2ccc(Cl)cc2)n1. The van der Waals surface area contributed by atoms with Gasteiger partial charge in [-0.15, -0.1) is 0 Å². The molecule has 5 heteroatoms. The first-order valence-electron chi connectivity index (χ1n) is 7.00. The van der Waals surface area contributed by atoms with Crippen molar-refractivity contribution in [2.24, 2.45) is 0 Å². The standard InChI is InChI=1S/C18H14ClN3O/c19-14-6-8-15(9-7-14)23-17(12-13-4-2-1-3-5-13)16-10-11-21-18(20)22-16/h1-12H,(H2,20,21,22)/b17-12+. The third kappa shape index (κ3) is 4.08. The Labute approximate surface area is 139 Å². The Morgan fingerprint density at radius 2 is 1.74 bits per heavy atom. The Balaban J connectivity index is 1.99. The minimum atomic E-state index is 0.196. The molecule has 0 atom stereocenters. The van der Waals surface area contributed by atoms with Crippen LogP contribution in [0.2, 0.25) is 5.02 Å². The molecule has 114 valence electrons. The highest BCUT2D eigenvalue weighted by Crippen LogP contribution is 2.24. The molecule has 2 aromatic carbocycles. The van der Waals surface area contributed by atoms with Crippen molar-refractivity contribution in [3.63, 3.8) is 0 Å². The zero-order valence-corrected chi connectivity index (χ0v) is 12.9. The molecule has 3 rings (SSSR count). The van der Waals surface area contributed by atoms with Crippen molar-refractivity contribution in [1.29, 1.82) is 0 Å². The molecular formula is C18H14ClN3O. The quantitative estimate of drug-likeness (QED) is 0.728. The molecule has 0 amide bonds. The van der Waals surface area contributed by atoms with E-state index in [9.17, 15) is 0 Å². The van der Waals surface area contributed by atoms with Crippen LogP contribution in [0.4, 0.5) is 5.95 Å². The maximum atomic E-state index is 5.97. The molecule has 3 aromatic rings. The van der Waals surface area contributed by atoms with Gasteiger partial charge in [0, 0.05) is 11.2 Å². The van der Waals surface area contributed by atoms with E-state index < -0.39 is 0 Å². The summed E-state index contributed by atoms with van der Waals surface area (Å²) in [7, 11) is 0. The third-order valence-electron chi connectivity index (χ3n) is 3.07. The van der Waals surface area contributed by atoms with Gasteiger partial charge in [-0.05, 0) is 42.0 Å². The fourth-order valence-corrected chi connectivity index (χ4v) is 2.12. The average Bonchev–Trinajstić information content (AvgIpc) is 2.57. The van der Waals surface area contributed by atoms with Crippen LogP contribution < -0.4 is 10.5 Å². The van der Waals surface area contributed by atoms with E-state index in [0.717, 1.165) is 5.56 Å². The van der Waals surface area contributed by atoms with Crippen LogP contribution in [0, 0.1) is 0 Å². The second-order valence-electron chi connectivity index (χ2n) is 4.78. The summed E-state index contributed by atoms with van der Waals surface area (Å²) >= 11 is 5.91. The van der Waals surface area contributed by atoms with E-state index in [4.69, 9.17) is 22.1 Å². The van der Waals surface area contributed by atoms with Gasteiger partial charge < -0.3 is 10.5 Å². The second kappa shape index (κ2) is 6.94. The number of nitrogens with two attached hydrogens (primary N) is 1. The van der Waals surface area contributed by atoms with E-state index >= 15 is 0 Å². The molecule has 0 bridgehead atoms. The van der Waals surface area contributed by atoms with Crippen molar-refractivity contribution in [1.82, 2.24) is 9.97 Å². The minimum absolute atomic E-state index is 0.196. The Morgan fingerprint density at radius 3 is 2.43 bits per heavy atom. The maximum Gasteiger partial charge on any atom is 0.220 e. The predicted molar refractivity (Wildman–Crippen MR) is 92.8 cm³/mol. The van der Waals surface area contributed by atoms with Gasteiger partial charge in [-0.1, -0.05) is 41.9 Å². The van der Waals surface area contributed by atoms with Gasteiger partial charge in [-0.25, -0.2) is 9.97 Å². The fourth-order valence-electron chi connectivity index (χ4n) is 2.00. The number of benzene rings is 2. The van der Waals surface area contributed by atoms with Gasteiger partial charge in [-0.2, -0.15) is 0 Å². The highest BCUT2D eigenvalue weighted by Gasteiger charge is 2.08. The summed E-state index contributed by atoms with van der Waals surface area (Å²) in [4.78, 5) is 8.15. The highest BCUT2D eigenvalue weighted by atomic mass is 35.5. The number of aromatic nitrogens is 2. The predicted octanol–water partition coefficient (Wildman–Crippen LogP) is 4.29. The number of nitrogen functional groups attached to an aromatic ring is 1. The molecule has 0 saturated heterocycles. The normalized spacial score (nSPS) is 11.3. The molecule has 0 aliphatic carbocycles. The van der Waals surface area contributed by atoms with Crippen LogP contribution in [0.3, 0.4) is 0 Å². The lowest BCUT2D eigenvalue weighted by Crippen LogP contribution is -2.02. The summed E-state index contributed by atoms with van der Waals surface area (Å²) in [6.07, 6.45) is 3.50. The molecular weight excluding hydrogens is 310 g/mol. The van der Waals surface area contributed by atoms with Crippen LogP contribution in [0.25, 0.3) is 11.8 Å². The highest BCUT2D eigenvalue weighted by molar-refractivity contribution is 6.30.